The van der Waals surface area contributed by atoms with E-state index in [0.29, 0.717) is 16.4 Å². The minimum atomic E-state index is 0.559. The SMILES string of the molecule is C#Cc1cccnc1.Nc1ccc(C#Cc2ccccn2)c(Cl)c1.Nc1ccc(I)c(Cl)c1. The normalized spacial score (nSPS) is 9.03. The molecule has 0 unspecified atom stereocenters. The van der Waals surface area contributed by atoms with E-state index in [-0.39, 0.29) is 0 Å². The van der Waals surface area contributed by atoms with Crippen LogP contribution in [0.5, 0.6) is 0 Å². The second-order valence-electron chi connectivity index (χ2n) is 6.26. The van der Waals surface area contributed by atoms with Gasteiger partial charge in [0.1, 0.15) is 5.69 Å². The van der Waals surface area contributed by atoms with Crippen molar-refractivity contribution in [3.05, 3.63) is 116 Å². The largest absolute Gasteiger partial charge is 0.399 e. The van der Waals surface area contributed by atoms with Crippen LogP contribution < -0.4 is 11.5 Å². The Bertz CT molecular complexity index is 1280. The lowest BCUT2D eigenvalue weighted by molar-refractivity contribution is 1.29. The van der Waals surface area contributed by atoms with Gasteiger partial charge in [0.05, 0.1) is 10.0 Å². The summed E-state index contributed by atoms with van der Waals surface area (Å²) in [6.07, 6.45) is 10.1. The van der Waals surface area contributed by atoms with Crippen molar-refractivity contribution in [3.8, 4) is 24.2 Å². The van der Waals surface area contributed by atoms with E-state index in [1.807, 2.05) is 42.5 Å². The third-order valence-electron chi connectivity index (χ3n) is 3.76. The van der Waals surface area contributed by atoms with E-state index in [4.69, 9.17) is 41.1 Å². The monoisotopic (exact) mass is 584 g/mol. The lowest BCUT2D eigenvalue weighted by Crippen LogP contribution is -1.86. The fourth-order valence-corrected chi connectivity index (χ4v) is 2.92. The van der Waals surface area contributed by atoms with E-state index in [1.54, 1.807) is 42.9 Å². The number of halogens is 3. The highest BCUT2D eigenvalue weighted by Crippen LogP contribution is 2.20. The van der Waals surface area contributed by atoms with Crippen molar-refractivity contribution in [1.82, 2.24) is 9.97 Å². The topological polar surface area (TPSA) is 77.8 Å². The molecule has 33 heavy (non-hydrogen) atoms. The average molecular weight is 585 g/mol. The molecule has 0 aliphatic rings. The standard InChI is InChI=1S/C13H9ClN2.C7H5N.C6H5ClIN/c14-13-9-11(15)6-4-10(13)5-7-12-3-1-2-8-16-12;1-2-7-4-3-5-8-6-7;7-5-3-4(9)1-2-6(5)8/h1-4,6,8-9H,15H2;1,3-6H;1-3H,9H2. The molecule has 0 saturated carbocycles. The van der Waals surface area contributed by atoms with Gasteiger partial charge in [0, 0.05) is 44.7 Å². The smallest absolute Gasteiger partial charge is 0.113 e. The van der Waals surface area contributed by atoms with Gasteiger partial charge in [-0.1, -0.05) is 41.1 Å². The van der Waals surface area contributed by atoms with Gasteiger partial charge in [-0.25, -0.2) is 4.98 Å². The van der Waals surface area contributed by atoms with Crippen LogP contribution in [-0.4, -0.2) is 9.97 Å². The first kappa shape index (κ1) is 26.0. The third-order valence-corrected chi connectivity index (χ3v) is 5.64. The maximum Gasteiger partial charge on any atom is 0.113 e. The van der Waals surface area contributed by atoms with Gasteiger partial charge in [-0.15, -0.1) is 6.42 Å². The van der Waals surface area contributed by atoms with E-state index < -0.39 is 0 Å². The van der Waals surface area contributed by atoms with E-state index >= 15 is 0 Å². The van der Waals surface area contributed by atoms with Gasteiger partial charge in [-0.05, 0) is 89.2 Å². The zero-order valence-electron chi connectivity index (χ0n) is 17.3. The molecule has 0 aliphatic carbocycles. The van der Waals surface area contributed by atoms with E-state index in [2.05, 4.69) is 50.3 Å². The highest BCUT2D eigenvalue weighted by atomic mass is 127. The highest BCUT2D eigenvalue weighted by molar-refractivity contribution is 14.1. The molecule has 0 fully saturated rings. The van der Waals surface area contributed by atoms with Gasteiger partial charge in [0.15, 0.2) is 0 Å². The van der Waals surface area contributed by atoms with Crippen molar-refractivity contribution in [2.45, 2.75) is 0 Å². The first-order valence-corrected chi connectivity index (χ1v) is 11.3. The fourth-order valence-electron chi connectivity index (χ4n) is 2.16. The van der Waals surface area contributed by atoms with E-state index in [0.717, 1.165) is 25.4 Å². The summed E-state index contributed by atoms with van der Waals surface area (Å²) in [5.74, 6) is 8.36. The van der Waals surface area contributed by atoms with Gasteiger partial charge in [0.25, 0.3) is 0 Å². The van der Waals surface area contributed by atoms with Crippen molar-refractivity contribution in [1.29, 1.82) is 0 Å². The molecule has 0 atom stereocenters. The fraction of sp³-hybridized carbons (Fsp3) is 0. The Kier molecular flexibility index (Phi) is 11.1. The number of hydrogen-bond acceptors (Lipinski definition) is 4. The van der Waals surface area contributed by atoms with Crippen molar-refractivity contribution >= 4 is 57.2 Å². The molecule has 4 rings (SSSR count). The molecule has 2 aromatic heterocycles. The Morgan fingerprint density at radius 2 is 1.55 bits per heavy atom. The highest BCUT2D eigenvalue weighted by Gasteiger charge is 1.96. The third kappa shape index (κ3) is 9.84. The Balaban J connectivity index is 0.000000192. The summed E-state index contributed by atoms with van der Waals surface area (Å²) in [4.78, 5) is 7.91. The average Bonchev–Trinajstić information content (AvgIpc) is 2.83. The molecule has 164 valence electrons. The summed E-state index contributed by atoms with van der Waals surface area (Å²) in [5, 5.41) is 1.28. The predicted octanol–water partition coefficient (Wildman–Crippen LogP) is 6.31. The number of benzene rings is 2. The summed E-state index contributed by atoms with van der Waals surface area (Å²) in [6.45, 7) is 0. The molecule has 2 heterocycles. The van der Waals surface area contributed by atoms with Crippen molar-refractivity contribution in [2.75, 3.05) is 11.5 Å². The van der Waals surface area contributed by atoms with Crippen molar-refractivity contribution in [3.63, 3.8) is 0 Å². The molecule has 4 aromatic rings. The molecule has 4 N–H and O–H groups in total. The first-order chi connectivity index (χ1) is 15.9. The number of anilines is 2. The molecule has 0 aliphatic heterocycles. The van der Waals surface area contributed by atoms with Gasteiger partial charge in [-0.3, -0.25) is 4.98 Å². The quantitative estimate of drug-likeness (QED) is 0.144. The van der Waals surface area contributed by atoms with E-state index in [1.165, 1.54) is 0 Å². The molecule has 0 saturated heterocycles. The zero-order chi connectivity index (χ0) is 24.1. The molecular weight excluding hydrogens is 566 g/mol. The maximum absolute atomic E-state index is 5.99. The number of nitrogen functional groups attached to an aromatic ring is 2. The number of hydrogen-bond donors (Lipinski definition) is 2. The zero-order valence-corrected chi connectivity index (χ0v) is 21.0. The van der Waals surface area contributed by atoms with Crippen molar-refractivity contribution in [2.24, 2.45) is 0 Å². The van der Waals surface area contributed by atoms with Gasteiger partial charge < -0.3 is 11.5 Å². The Labute approximate surface area is 217 Å². The van der Waals surface area contributed by atoms with Crippen LogP contribution in [-0.2, 0) is 0 Å². The molecule has 0 amide bonds. The number of rotatable bonds is 0. The molecule has 2 aromatic carbocycles. The number of nitrogens with two attached hydrogens (primary N) is 2. The summed E-state index contributed by atoms with van der Waals surface area (Å²) in [7, 11) is 0. The summed E-state index contributed by atoms with van der Waals surface area (Å²) in [6, 6.07) is 19.9. The predicted molar refractivity (Wildman–Crippen MR) is 147 cm³/mol. The van der Waals surface area contributed by atoms with E-state index in [9.17, 15) is 0 Å². The van der Waals surface area contributed by atoms with Crippen LogP contribution in [0, 0.1) is 27.8 Å². The number of pyridine rings is 2. The van der Waals surface area contributed by atoms with Crippen LogP contribution in [0.2, 0.25) is 10.0 Å². The molecule has 0 radical (unpaired) electrons. The van der Waals surface area contributed by atoms with Crippen molar-refractivity contribution < 1.29 is 0 Å². The lowest BCUT2D eigenvalue weighted by atomic mass is 10.2. The summed E-state index contributed by atoms with van der Waals surface area (Å²) in [5.41, 5.74) is 14.7. The van der Waals surface area contributed by atoms with Crippen LogP contribution in [0.1, 0.15) is 16.8 Å². The van der Waals surface area contributed by atoms with Gasteiger partial charge >= 0.3 is 0 Å². The van der Waals surface area contributed by atoms with Crippen LogP contribution in [0.3, 0.4) is 0 Å². The van der Waals surface area contributed by atoms with Crippen LogP contribution in [0.4, 0.5) is 11.4 Å². The van der Waals surface area contributed by atoms with Crippen LogP contribution in [0.15, 0.2) is 85.3 Å². The molecule has 0 spiro atoms. The minimum Gasteiger partial charge on any atom is -0.399 e. The molecule has 4 nitrogen and oxygen atoms in total. The summed E-state index contributed by atoms with van der Waals surface area (Å²) < 4.78 is 1.03. The number of nitrogens with zero attached hydrogens (tertiary/aromatic N) is 2. The molecule has 7 heteroatoms. The molecule has 0 bridgehead atoms. The Morgan fingerprint density at radius 1 is 0.818 bits per heavy atom. The second kappa shape index (κ2) is 14.0. The number of aromatic nitrogens is 2. The van der Waals surface area contributed by atoms with Crippen LogP contribution in [0.25, 0.3) is 0 Å². The summed E-state index contributed by atoms with van der Waals surface area (Å²) >= 11 is 13.9. The molecular formula is C26H19Cl2IN4. The Morgan fingerprint density at radius 3 is 2.06 bits per heavy atom. The number of terminal acetylenes is 1. The Hall–Kier alpha value is -3.23. The van der Waals surface area contributed by atoms with Gasteiger partial charge in [-0.2, -0.15) is 0 Å². The van der Waals surface area contributed by atoms with Crippen LogP contribution >= 0.6 is 45.8 Å². The van der Waals surface area contributed by atoms with Gasteiger partial charge in [0.2, 0.25) is 0 Å². The maximum atomic E-state index is 5.99. The lowest BCUT2D eigenvalue weighted by Gasteiger charge is -1.96. The first-order valence-electron chi connectivity index (χ1n) is 9.44. The minimum absolute atomic E-state index is 0.559. The second-order valence-corrected chi connectivity index (χ2v) is 8.24.